The molecule has 0 aliphatic carbocycles. The van der Waals surface area contributed by atoms with Gasteiger partial charge in [0.1, 0.15) is 32.4 Å². The first-order valence-electron chi connectivity index (χ1n) is 15.1. The van der Waals surface area contributed by atoms with Gasteiger partial charge in [0.25, 0.3) is 5.43 Å². The van der Waals surface area contributed by atoms with Crippen LogP contribution in [0, 0.1) is 13.8 Å². The number of aromatic nitrogens is 4. The maximum atomic E-state index is 13.0. The molecule has 0 fully saturated rings. The Morgan fingerprint density at radius 1 is 0.583 bits per heavy atom. The second kappa shape index (κ2) is 11.1. The van der Waals surface area contributed by atoms with Gasteiger partial charge < -0.3 is 4.90 Å². The number of anilines is 3. The van der Waals surface area contributed by atoms with Crippen molar-refractivity contribution in [3.05, 3.63) is 134 Å². The zero-order valence-corrected chi connectivity index (χ0v) is 27.9. The van der Waals surface area contributed by atoms with Crippen molar-refractivity contribution in [2.45, 2.75) is 13.8 Å². The summed E-state index contributed by atoms with van der Waals surface area (Å²) in [6, 6.07) is 32.3. The molecule has 0 amide bonds. The molecule has 48 heavy (non-hydrogen) atoms. The van der Waals surface area contributed by atoms with Crippen LogP contribution < -0.4 is 21.1 Å². The molecule has 0 aliphatic rings. The summed E-state index contributed by atoms with van der Waals surface area (Å²) in [5.41, 5.74) is 7.53. The second-order valence-corrected chi connectivity index (χ2v) is 13.8. The highest BCUT2D eigenvalue weighted by molar-refractivity contribution is 7.19. The number of aryl methyl sites for hydroxylation is 2. The predicted octanol–water partition coefficient (Wildman–Crippen LogP) is 8.65. The maximum Gasteiger partial charge on any atom is 0.252 e. The molecule has 0 atom stereocenters. The Kier molecular flexibility index (Phi) is 6.61. The van der Waals surface area contributed by atoms with Gasteiger partial charge in [0, 0.05) is 43.4 Å². The molecule has 0 bridgehead atoms. The van der Waals surface area contributed by atoms with Gasteiger partial charge in [-0.2, -0.15) is 17.5 Å². The molecule has 9 rings (SSSR count). The van der Waals surface area contributed by atoms with Crippen LogP contribution in [0.3, 0.4) is 0 Å². The Bertz CT molecular complexity index is 2820. The number of hydrogen-bond acceptors (Lipinski definition) is 11. The lowest BCUT2D eigenvalue weighted by molar-refractivity contribution is 1.29. The van der Waals surface area contributed by atoms with Crippen LogP contribution in [0.2, 0.25) is 0 Å². The van der Waals surface area contributed by atoms with E-state index in [1.807, 2.05) is 6.07 Å². The van der Waals surface area contributed by atoms with E-state index in [0.29, 0.717) is 27.5 Å². The SMILES string of the molecule is Cc1ccc(N(c2ccc(C)cc2)c2ccc(-c3cc4c(cc(/N=c5\c(=O)c(=O)c6ccccc56)c5nsnc54)c4nsnc34)s2)cc1. The Hall–Kier alpha value is -5.49. The van der Waals surface area contributed by atoms with Crippen LogP contribution in [0.1, 0.15) is 11.1 Å². The molecule has 230 valence electrons. The van der Waals surface area contributed by atoms with Gasteiger partial charge in [0.05, 0.1) is 29.1 Å². The first kappa shape index (κ1) is 28.7. The van der Waals surface area contributed by atoms with Crippen LogP contribution in [-0.2, 0) is 0 Å². The standard InChI is InChI=1S/C37H22N6O2S3/c1-19-7-11-21(12-8-19)43(22-13-9-20(2)10-14-22)30-16-15-29(46-30)27-17-25-26(31-33(27)41-47-39-31)18-28(35-32(25)40-48-42-35)38-34-23-5-3-4-6-24(23)36(44)37(34)45/h3-18H,1-2H3/b38-34-. The molecule has 0 radical (unpaired) electrons. The minimum Gasteiger partial charge on any atom is -0.302 e. The summed E-state index contributed by atoms with van der Waals surface area (Å²) in [4.78, 5) is 33.8. The fraction of sp³-hybridized carbons (Fsp3) is 0.0541. The third-order valence-corrected chi connectivity index (χ3v) is 10.7. The van der Waals surface area contributed by atoms with E-state index in [-0.39, 0.29) is 5.36 Å². The highest BCUT2D eigenvalue weighted by atomic mass is 32.1. The quantitative estimate of drug-likeness (QED) is 0.168. The normalized spacial score (nSPS) is 12.2. The molecule has 0 spiro atoms. The highest BCUT2D eigenvalue weighted by Crippen LogP contribution is 2.45. The van der Waals surface area contributed by atoms with E-state index in [0.717, 1.165) is 72.1 Å². The van der Waals surface area contributed by atoms with Crippen molar-refractivity contribution in [1.29, 1.82) is 0 Å². The molecular formula is C37H22N6O2S3. The van der Waals surface area contributed by atoms with Crippen LogP contribution in [0.5, 0.6) is 0 Å². The lowest BCUT2D eigenvalue weighted by atomic mass is 10.0. The molecule has 0 aliphatic heterocycles. The van der Waals surface area contributed by atoms with Crippen LogP contribution in [0.4, 0.5) is 22.1 Å². The molecule has 3 aromatic heterocycles. The fourth-order valence-corrected chi connectivity index (χ4v) is 8.38. The smallest absolute Gasteiger partial charge is 0.252 e. The van der Waals surface area contributed by atoms with E-state index in [4.69, 9.17) is 13.7 Å². The van der Waals surface area contributed by atoms with E-state index in [9.17, 15) is 9.59 Å². The van der Waals surface area contributed by atoms with Gasteiger partial charge in [-0.05, 0) is 62.4 Å². The number of nitrogens with zero attached hydrogens (tertiary/aromatic N) is 6. The van der Waals surface area contributed by atoms with Crippen molar-refractivity contribution < 1.29 is 0 Å². The van der Waals surface area contributed by atoms with Gasteiger partial charge in [0.15, 0.2) is 0 Å². The summed E-state index contributed by atoms with van der Waals surface area (Å²) in [6.07, 6.45) is 0. The van der Waals surface area contributed by atoms with Gasteiger partial charge in [-0.15, -0.1) is 11.3 Å². The molecule has 0 unspecified atom stereocenters. The Morgan fingerprint density at radius 3 is 1.85 bits per heavy atom. The molecule has 0 saturated carbocycles. The van der Waals surface area contributed by atoms with Crippen LogP contribution in [-0.4, -0.2) is 17.5 Å². The molecule has 11 heteroatoms. The molecule has 6 aromatic carbocycles. The fourth-order valence-electron chi connectivity index (χ4n) is 6.17. The van der Waals surface area contributed by atoms with Gasteiger partial charge in [0.2, 0.25) is 5.43 Å². The van der Waals surface area contributed by atoms with E-state index in [2.05, 4.69) is 94.2 Å². The van der Waals surface area contributed by atoms with Crippen LogP contribution >= 0.6 is 34.8 Å². The van der Waals surface area contributed by atoms with Crippen molar-refractivity contribution >= 4 is 100 Å². The monoisotopic (exact) mass is 678 g/mol. The summed E-state index contributed by atoms with van der Waals surface area (Å²) in [6.45, 7) is 4.18. The number of hydrogen-bond donors (Lipinski definition) is 0. The molecule has 0 N–H and O–H groups in total. The molecular weight excluding hydrogens is 657 g/mol. The average molecular weight is 679 g/mol. The summed E-state index contributed by atoms with van der Waals surface area (Å²) in [7, 11) is 0. The molecule has 9 aromatic rings. The molecule has 3 heterocycles. The topological polar surface area (TPSA) is 101 Å². The van der Waals surface area contributed by atoms with Gasteiger partial charge in [-0.25, -0.2) is 4.99 Å². The van der Waals surface area contributed by atoms with Gasteiger partial charge >= 0.3 is 0 Å². The zero-order chi connectivity index (χ0) is 32.5. The van der Waals surface area contributed by atoms with Crippen molar-refractivity contribution in [3.63, 3.8) is 0 Å². The number of benzene rings is 5. The molecule has 8 nitrogen and oxygen atoms in total. The van der Waals surface area contributed by atoms with Crippen molar-refractivity contribution in [3.8, 4) is 10.4 Å². The van der Waals surface area contributed by atoms with Crippen LogP contribution in [0.15, 0.2) is 112 Å². The first-order chi connectivity index (χ1) is 23.4. The Balaban J connectivity index is 1.24. The van der Waals surface area contributed by atoms with Gasteiger partial charge in [-0.1, -0.05) is 59.7 Å². The highest BCUT2D eigenvalue weighted by Gasteiger charge is 2.21. The lowest BCUT2D eigenvalue weighted by Gasteiger charge is -2.24. The van der Waals surface area contributed by atoms with Crippen molar-refractivity contribution in [1.82, 2.24) is 17.5 Å². The van der Waals surface area contributed by atoms with Crippen molar-refractivity contribution in [2.75, 3.05) is 4.90 Å². The summed E-state index contributed by atoms with van der Waals surface area (Å²) in [5, 5.41) is 3.76. The first-order valence-corrected chi connectivity index (χ1v) is 17.4. The number of rotatable bonds is 5. The third kappa shape index (κ3) is 4.50. The maximum absolute atomic E-state index is 13.0. The van der Waals surface area contributed by atoms with Crippen molar-refractivity contribution in [2.24, 2.45) is 4.99 Å². The van der Waals surface area contributed by atoms with E-state index >= 15 is 0 Å². The molecule has 0 saturated heterocycles. The van der Waals surface area contributed by atoms with E-state index in [1.165, 1.54) is 11.1 Å². The van der Waals surface area contributed by atoms with E-state index < -0.39 is 10.9 Å². The minimum absolute atomic E-state index is 0.117. The number of fused-ring (bicyclic) bond motifs is 6. The number of thiophene rings is 1. The van der Waals surface area contributed by atoms with Crippen LogP contribution in [0.25, 0.3) is 54.1 Å². The zero-order valence-electron chi connectivity index (χ0n) is 25.5. The summed E-state index contributed by atoms with van der Waals surface area (Å²) in [5.74, 6) is 0. The second-order valence-electron chi connectivity index (χ2n) is 11.6. The third-order valence-electron chi connectivity index (χ3n) is 8.59. The summed E-state index contributed by atoms with van der Waals surface area (Å²) >= 11 is 3.92. The minimum atomic E-state index is -0.623. The Labute approximate surface area is 284 Å². The Morgan fingerprint density at radius 2 is 1.17 bits per heavy atom. The van der Waals surface area contributed by atoms with E-state index in [1.54, 1.807) is 35.6 Å². The largest absolute Gasteiger partial charge is 0.302 e. The lowest BCUT2D eigenvalue weighted by Crippen LogP contribution is -2.30. The predicted molar refractivity (Wildman–Crippen MR) is 197 cm³/mol. The van der Waals surface area contributed by atoms with Gasteiger partial charge in [-0.3, -0.25) is 9.59 Å². The average Bonchev–Trinajstić information content (AvgIpc) is 3.92. The summed E-state index contributed by atoms with van der Waals surface area (Å²) < 4.78 is 18.7.